The van der Waals surface area contributed by atoms with Crippen molar-refractivity contribution in [2.75, 3.05) is 23.3 Å². The Balaban J connectivity index is 1.65. The fourth-order valence-corrected chi connectivity index (χ4v) is 3.36. The van der Waals surface area contributed by atoms with Gasteiger partial charge in [-0.3, -0.25) is 4.79 Å². The molecule has 0 amide bonds. The molecule has 1 fully saturated rings. The Bertz CT molecular complexity index is 1030. The number of hydrogen-bond acceptors (Lipinski definition) is 7. The van der Waals surface area contributed by atoms with Gasteiger partial charge in [-0.15, -0.1) is 0 Å². The van der Waals surface area contributed by atoms with E-state index < -0.39 is 5.82 Å². The Morgan fingerprint density at radius 2 is 1.93 bits per heavy atom. The number of nitrogens with zero attached hydrogens (tertiary/aromatic N) is 4. The van der Waals surface area contributed by atoms with Crippen molar-refractivity contribution in [1.29, 1.82) is 0 Å². The molecule has 0 spiro atoms. The Hall–Kier alpha value is -3.55. The summed E-state index contributed by atoms with van der Waals surface area (Å²) in [6.07, 6.45) is 2.97. The van der Waals surface area contributed by atoms with Gasteiger partial charge in [0, 0.05) is 18.7 Å². The molecule has 8 heteroatoms. The number of nitrogens with one attached hydrogen (secondary N) is 1. The number of aromatic nitrogens is 3. The molecule has 1 N–H and O–H groups in total. The minimum atomic E-state index is -0.405. The first-order valence-corrected chi connectivity index (χ1v) is 9.86. The van der Waals surface area contributed by atoms with Gasteiger partial charge in [0.15, 0.2) is 0 Å². The van der Waals surface area contributed by atoms with Gasteiger partial charge >= 0.3 is 6.01 Å². The van der Waals surface area contributed by atoms with Crippen molar-refractivity contribution in [1.82, 2.24) is 15.0 Å². The van der Waals surface area contributed by atoms with Crippen molar-refractivity contribution in [2.24, 2.45) is 5.92 Å². The number of benzene rings is 2. The highest BCUT2D eigenvalue weighted by molar-refractivity contribution is 5.74. The van der Waals surface area contributed by atoms with Crippen LogP contribution >= 0.6 is 0 Å². The molecule has 30 heavy (non-hydrogen) atoms. The first-order chi connectivity index (χ1) is 14.6. The molecule has 1 aliphatic rings. The summed E-state index contributed by atoms with van der Waals surface area (Å²) in [5.74, 6) is 1.29. The van der Waals surface area contributed by atoms with Gasteiger partial charge in [-0.25, -0.2) is 4.39 Å². The number of ether oxygens (including phenoxy) is 1. The van der Waals surface area contributed by atoms with Crippen LogP contribution in [0.15, 0.2) is 48.5 Å². The third-order valence-electron chi connectivity index (χ3n) is 4.89. The van der Waals surface area contributed by atoms with Gasteiger partial charge in [-0.05, 0) is 55.2 Å². The number of carbonyl (C=O) groups excluding carboxylic acids is 1. The van der Waals surface area contributed by atoms with Crippen molar-refractivity contribution >= 4 is 23.9 Å². The molecule has 0 radical (unpaired) electrons. The molecule has 7 nitrogen and oxygen atoms in total. The van der Waals surface area contributed by atoms with Crippen LogP contribution in [0.4, 0.5) is 22.0 Å². The molecule has 1 aliphatic heterocycles. The van der Waals surface area contributed by atoms with E-state index in [4.69, 9.17) is 4.74 Å². The fraction of sp³-hybridized carbons (Fsp3) is 0.273. The van der Waals surface area contributed by atoms with E-state index in [-0.39, 0.29) is 17.6 Å². The van der Waals surface area contributed by atoms with E-state index in [1.807, 2.05) is 0 Å². The van der Waals surface area contributed by atoms with E-state index in [0.29, 0.717) is 23.2 Å². The van der Waals surface area contributed by atoms with Crippen molar-refractivity contribution in [2.45, 2.75) is 19.8 Å². The van der Waals surface area contributed by atoms with Gasteiger partial charge in [0.25, 0.3) is 0 Å². The van der Waals surface area contributed by atoms with Crippen molar-refractivity contribution in [3.8, 4) is 11.8 Å². The number of hydrogen-bond donors (Lipinski definition) is 1. The molecular weight excluding hydrogens is 385 g/mol. The smallest absolute Gasteiger partial charge is 0.328 e. The number of para-hydroxylation sites is 1. The molecule has 0 saturated carbocycles. The molecule has 0 unspecified atom stereocenters. The minimum absolute atomic E-state index is 0.0934. The average molecular weight is 407 g/mol. The van der Waals surface area contributed by atoms with Gasteiger partial charge in [-0.2, -0.15) is 15.0 Å². The maximum Gasteiger partial charge on any atom is 0.328 e. The SMILES string of the molecule is C[C@@H]1CCCN(c2nc(Nc3ccccc3F)nc(Oc3ccc(C=O)cc3)n2)C1. The standard InChI is InChI=1S/C22H22FN5O2/c1-15-5-4-12-28(13-15)21-25-20(24-19-7-3-2-6-18(19)23)26-22(27-21)30-17-10-8-16(14-29)9-11-17/h2-3,6-11,14-15H,4-5,12-13H2,1H3,(H,24,25,26,27)/t15-/m1/s1. The minimum Gasteiger partial charge on any atom is -0.424 e. The number of anilines is 3. The van der Waals surface area contributed by atoms with E-state index in [9.17, 15) is 9.18 Å². The first kappa shape index (κ1) is 19.8. The summed E-state index contributed by atoms with van der Waals surface area (Å²) in [5, 5.41) is 2.92. The van der Waals surface area contributed by atoms with E-state index in [2.05, 4.69) is 32.1 Å². The molecule has 0 aliphatic carbocycles. The molecule has 154 valence electrons. The molecule has 2 heterocycles. The lowest BCUT2D eigenvalue weighted by Gasteiger charge is -2.31. The summed E-state index contributed by atoms with van der Waals surface area (Å²) in [6, 6.07) is 13.0. The lowest BCUT2D eigenvalue weighted by atomic mass is 10.0. The summed E-state index contributed by atoms with van der Waals surface area (Å²) >= 11 is 0. The van der Waals surface area contributed by atoms with Gasteiger partial charge in [0.2, 0.25) is 11.9 Å². The topological polar surface area (TPSA) is 80.2 Å². The van der Waals surface area contributed by atoms with Crippen LogP contribution in [-0.4, -0.2) is 34.3 Å². The summed E-state index contributed by atoms with van der Waals surface area (Å²) in [7, 11) is 0. The summed E-state index contributed by atoms with van der Waals surface area (Å²) in [6.45, 7) is 3.86. The maximum atomic E-state index is 14.1. The Kier molecular flexibility index (Phi) is 5.83. The third-order valence-corrected chi connectivity index (χ3v) is 4.89. The molecular formula is C22H22FN5O2. The Labute approximate surface area is 174 Å². The zero-order valence-corrected chi connectivity index (χ0v) is 16.6. The van der Waals surface area contributed by atoms with Crippen LogP contribution in [0.2, 0.25) is 0 Å². The lowest BCUT2D eigenvalue weighted by Crippen LogP contribution is -2.35. The zero-order chi connectivity index (χ0) is 20.9. The van der Waals surface area contributed by atoms with Gasteiger partial charge in [0.05, 0.1) is 5.69 Å². The Morgan fingerprint density at radius 3 is 2.67 bits per heavy atom. The second kappa shape index (κ2) is 8.86. The quantitative estimate of drug-likeness (QED) is 0.598. The number of piperidine rings is 1. The second-order valence-electron chi connectivity index (χ2n) is 7.33. The fourth-order valence-electron chi connectivity index (χ4n) is 3.36. The number of rotatable bonds is 6. The molecule has 4 rings (SSSR count). The highest BCUT2D eigenvalue weighted by Gasteiger charge is 2.21. The number of aldehydes is 1. The van der Waals surface area contributed by atoms with Crippen LogP contribution < -0.4 is 15.0 Å². The average Bonchev–Trinajstić information content (AvgIpc) is 2.76. The summed E-state index contributed by atoms with van der Waals surface area (Å²) in [5.41, 5.74) is 0.811. The van der Waals surface area contributed by atoms with Crippen LogP contribution in [0.3, 0.4) is 0 Å². The van der Waals surface area contributed by atoms with Crippen molar-refractivity contribution in [3.63, 3.8) is 0 Å². The highest BCUT2D eigenvalue weighted by Crippen LogP contribution is 2.26. The molecule has 1 saturated heterocycles. The van der Waals surface area contributed by atoms with Crippen LogP contribution in [0.1, 0.15) is 30.1 Å². The second-order valence-corrected chi connectivity index (χ2v) is 7.33. The van der Waals surface area contributed by atoms with Crippen molar-refractivity contribution < 1.29 is 13.9 Å². The van der Waals surface area contributed by atoms with E-state index >= 15 is 0 Å². The molecule has 3 aromatic rings. The highest BCUT2D eigenvalue weighted by atomic mass is 19.1. The third kappa shape index (κ3) is 4.71. The van der Waals surface area contributed by atoms with Gasteiger partial charge in [0.1, 0.15) is 17.9 Å². The van der Waals surface area contributed by atoms with E-state index in [1.165, 1.54) is 6.07 Å². The van der Waals surface area contributed by atoms with Crippen LogP contribution in [0.5, 0.6) is 11.8 Å². The molecule has 1 aromatic heterocycles. The Morgan fingerprint density at radius 1 is 1.13 bits per heavy atom. The molecule has 1 atom stereocenters. The predicted octanol–water partition coefficient (Wildman–Crippen LogP) is 4.60. The largest absolute Gasteiger partial charge is 0.424 e. The zero-order valence-electron chi connectivity index (χ0n) is 16.6. The monoisotopic (exact) mass is 407 g/mol. The van der Waals surface area contributed by atoms with Crippen LogP contribution in [0, 0.1) is 11.7 Å². The van der Waals surface area contributed by atoms with E-state index in [1.54, 1.807) is 42.5 Å². The maximum absolute atomic E-state index is 14.1. The first-order valence-electron chi connectivity index (χ1n) is 9.86. The predicted molar refractivity (Wildman–Crippen MR) is 112 cm³/mol. The summed E-state index contributed by atoms with van der Waals surface area (Å²) in [4.78, 5) is 26.2. The summed E-state index contributed by atoms with van der Waals surface area (Å²) < 4.78 is 19.9. The van der Waals surface area contributed by atoms with Crippen LogP contribution in [0.25, 0.3) is 0 Å². The lowest BCUT2D eigenvalue weighted by molar-refractivity contribution is 0.112. The number of halogens is 1. The van der Waals surface area contributed by atoms with E-state index in [0.717, 1.165) is 32.2 Å². The van der Waals surface area contributed by atoms with Crippen LogP contribution in [-0.2, 0) is 0 Å². The normalized spacial score (nSPS) is 16.2. The van der Waals surface area contributed by atoms with Crippen molar-refractivity contribution in [3.05, 3.63) is 59.9 Å². The number of carbonyl (C=O) groups is 1. The van der Waals surface area contributed by atoms with Gasteiger partial charge in [-0.1, -0.05) is 19.1 Å². The molecule has 2 aromatic carbocycles. The van der Waals surface area contributed by atoms with Gasteiger partial charge < -0.3 is 15.0 Å². The molecule has 0 bridgehead atoms.